The van der Waals surface area contributed by atoms with Crippen LogP contribution < -0.4 is 5.32 Å². The summed E-state index contributed by atoms with van der Waals surface area (Å²) in [5, 5.41) is 23.3. The Bertz CT molecular complexity index is 1200. The summed E-state index contributed by atoms with van der Waals surface area (Å²) in [6.45, 7) is 4.97. The van der Waals surface area contributed by atoms with Gasteiger partial charge < -0.3 is 20.3 Å². The number of amides is 1. The van der Waals surface area contributed by atoms with Crippen LogP contribution in [0.5, 0.6) is 0 Å². The van der Waals surface area contributed by atoms with Crippen molar-refractivity contribution in [3.8, 4) is 0 Å². The second-order valence-electron chi connectivity index (χ2n) is 24.2. The Morgan fingerprint density at radius 2 is 0.610 bits per heavy atom. The highest BCUT2D eigenvalue weighted by Gasteiger charge is 2.20. The molecule has 0 aromatic carbocycles. The third kappa shape index (κ3) is 63.4. The molecule has 0 radical (unpaired) electrons. The van der Waals surface area contributed by atoms with E-state index in [-0.39, 0.29) is 18.5 Å². The summed E-state index contributed by atoms with van der Waals surface area (Å²) in [4.78, 5) is 24.5. The molecule has 3 N–H and O–H groups in total. The number of rotatable bonds is 66. The first kappa shape index (κ1) is 75.3. The van der Waals surface area contributed by atoms with Crippen molar-refractivity contribution in [1.29, 1.82) is 0 Å². The average molecular weight is 1080 g/mol. The zero-order valence-electron chi connectivity index (χ0n) is 52.2. The molecule has 0 aliphatic heterocycles. The summed E-state index contributed by atoms with van der Waals surface area (Å²) in [5.74, 6) is -0.0192. The third-order valence-electron chi connectivity index (χ3n) is 16.5. The summed E-state index contributed by atoms with van der Waals surface area (Å²) < 4.78 is 5.49. The highest BCUT2D eigenvalue weighted by atomic mass is 16.5. The van der Waals surface area contributed by atoms with Crippen molar-refractivity contribution in [1.82, 2.24) is 5.32 Å². The SMILES string of the molecule is CCCCCCCC/C=C\CCCCCCCC(=O)OCCCCCCCCCCCCCC/C=C\CCCCCCCCCCCCCCCCCCCC(=O)NC(CO)C(O)CCCCCCCCCCCCCC. The maximum absolute atomic E-state index is 12.5. The Morgan fingerprint density at radius 3 is 0.922 bits per heavy atom. The average Bonchev–Trinajstić information content (AvgIpc) is 3.43. The van der Waals surface area contributed by atoms with Crippen molar-refractivity contribution in [3.63, 3.8) is 0 Å². The fourth-order valence-corrected chi connectivity index (χ4v) is 11.1. The largest absolute Gasteiger partial charge is 0.466 e. The van der Waals surface area contributed by atoms with E-state index in [0.29, 0.717) is 25.9 Å². The van der Waals surface area contributed by atoms with E-state index in [9.17, 15) is 19.8 Å². The zero-order valence-corrected chi connectivity index (χ0v) is 52.2. The Labute approximate surface area is 481 Å². The van der Waals surface area contributed by atoms with Crippen LogP contribution in [0.25, 0.3) is 0 Å². The van der Waals surface area contributed by atoms with Gasteiger partial charge in [0.05, 0.1) is 25.4 Å². The molecule has 0 aromatic rings. The minimum absolute atomic E-state index is 0.0113. The normalized spacial score (nSPS) is 12.6. The summed E-state index contributed by atoms with van der Waals surface area (Å²) in [6.07, 6.45) is 83.8. The second-order valence-corrected chi connectivity index (χ2v) is 24.2. The number of esters is 1. The number of allylic oxidation sites excluding steroid dienone is 4. The molecular weight excluding hydrogens is 947 g/mol. The summed E-state index contributed by atoms with van der Waals surface area (Å²) in [6, 6.07) is -0.538. The van der Waals surface area contributed by atoms with Crippen LogP contribution in [0.1, 0.15) is 393 Å². The van der Waals surface area contributed by atoms with Gasteiger partial charge >= 0.3 is 5.97 Å². The van der Waals surface area contributed by atoms with Gasteiger partial charge in [-0.15, -0.1) is 0 Å². The van der Waals surface area contributed by atoms with Crippen molar-refractivity contribution in [2.24, 2.45) is 0 Å². The van der Waals surface area contributed by atoms with Crippen LogP contribution in [-0.2, 0) is 14.3 Å². The van der Waals surface area contributed by atoms with Crippen LogP contribution in [-0.4, -0.2) is 47.4 Å². The minimum atomic E-state index is -0.660. The van der Waals surface area contributed by atoms with Gasteiger partial charge in [-0.05, 0) is 77.0 Å². The predicted molar refractivity (Wildman–Crippen MR) is 338 cm³/mol. The van der Waals surface area contributed by atoms with Crippen LogP contribution in [0.4, 0.5) is 0 Å². The van der Waals surface area contributed by atoms with Crippen LogP contribution >= 0.6 is 0 Å². The number of unbranched alkanes of at least 4 members (excludes halogenated alkanes) is 51. The number of aliphatic hydroxyl groups excluding tert-OH is 2. The number of hydrogen-bond acceptors (Lipinski definition) is 5. The molecule has 0 spiro atoms. The molecule has 456 valence electrons. The minimum Gasteiger partial charge on any atom is -0.466 e. The predicted octanol–water partition coefficient (Wildman–Crippen LogP) is 22.5. The fourth-order valence-electron chi connectivity index (χ4n) is 11.1. The molecule has 0 aromatic heterocycles. The standard InChI is InChI=1S/C71H137NO5/c1-3-5-7-9-11-13-15-17-37-41-45-49-53-57-61-65-71(76)77-66-62-58-54-50-46-42-39-36-34-32-30-28-26-24-22-20-18-19-21-23-25-27-29-31-33-35-38-40-44-48-52-56-60-64-70(75)72-68(67-73)69(74)63-59-55-51-47-43-16-14-12-10-8-6-4-2/h17,22,24,37,68-69,73-74H,3-16,18-21,23,25-36,38-67H2,1-2H3,(H,72,75)/b24-22-,37-17-. The van der Waals surface area contributed by atoms with Crippen molar-refractivity contribution in [2.75, 3.05) is 13.2 Å². The molecule has 0 saturated heterocycles. The fraction of sp³-hybridized carbons (Fsp3) is 0.915. The molecular formula is C71H137NO5. The van der Waals surface area contributed by atoms with E-state index < -0.39 is 12.1 Å². The smallest absolute Gasteiger partial charge is 0.305 e. The quantitative estimate of drug-likeness (QED) is 0.0320. The molecule has 1 amide bonds. The van der Waals surface area contributed by atoms with Gasteiger partial charge in [-0.3, -0.25) is 9.59 Å². The van der Waals surface area contributed by atoms with Crippen LogP contribution in [0.15, 0.2) is 24.3 Å². The second kappa shape index (κ2) is 66.8. The van der Waals surface area contributed by atoms with E-state index in [1.165, 1.54) is 315 Å². The molecule has 6 nitrogen and oxygen atoms in total. The Kier molecular flexibility index (Phi) is 65.4. The first-order chi connectivity index (χ1) is 38.0. The van der Waals surface area contributed by atoms with Crippen LogP contribution in [0.2, 0.25) is 0 Å². The van der Waals surface area contributed by atoms with E-state index in [1.54, 1.807) is 0 Å². The van der Waals surface area contributed by atoms with Gasteiger partial charge in [-0.2, -0.15) is 0 Å². The van der Waals surface area contributed by atoms with Crippen molar-refractivity contribution >= 4 is 11.9 Å². The van der Waals surface area contributed by atoms with E-state index in [2.05, 4.69) is 43.5 Å². The topological polar surface area (TPSA) is 95.9 Å². The molecule has 0 aliphatic rings. The Morgan fingerprint density at radius 1 is 0.351 bits per heavy atom. The summed E-state index contributed by atoms with van der Waals surface area (Å²) in [7, 11) is 0. The van der Waals surface area contributed by atoms with E-state index >= 15 is 0 Å². The lowest BCUT2D eigenvalue weighted by atomic mass is 10.0. The molecule has 0 saturated carbocycles. The lowest BCUT2D eigenvalue weighted by Crippen LogP contribution is -2.45. The number of aliphatic hydroxyl groups is 2. The number of carbonyl (C=O) groups excluding carboxylic acids is 2. The molecule has 0 heterocycles. The van der Waals surface area contributed by atoms with Gasteiger partial charge in [0.25, 0.3) is 0 Å². The summed E-state index contributed by atoms with van der Waals surface area (Å²) >= 11 is 0. The van der Waals surface area contributed by atoms with Crippen molar-refractivity contribution in [3.05, 3.63) is 24.3 Å². The van der Waals surface area contributed by atoms with Gasteiger partial charge in [-0.25, -0.2) is 0 Å². The molecule has 0 fully saturated rings. The zero-order chi connectivity index (χ0) is 55.7. The molecule has 77 heavy (non-hydrogen) atoms. The lowest BCUT2D eigenvalue weighted by Gasteiger charge is -2.22. The first-order valence-corrected chi connectivity index (χ1v) is 35.1. The van der Waals surface area contributed by atoms with Gasteiger partial charge in [-0.1, -0.05) is 327 Å². The maximum atomic E-state index is 12.5. The third-order valence-corrected chi connectivity index (χ3v) is 16.5. The molecule has 2 atom stereocenters. The molecule has 2 unspecified atom stereocenters. The van der Waals surface area contributed by atoms with Crippen LogP contribution in [0.3, 0.4) is 0 Å². The van der Waals surface area contributed by atoms with E-state index in [0.717, 1.165) is 44.9 Å². The van der Waals surface area contributed by atoms with Gasteiger partial charge in [0, 0.05) is 12.8 Å². The molecule has 0 bridgehead atoms. The van der Waals surface area contributed by atoms with E-state index in [4.69, 9.17) is 4.74 Å². The van der Waals surface area contributed by atoms with Gasteiger partial charge in [0.2, 0.25) is 5.91 Å². The highest BCUT2D eigenvalue weighted by Crippen LogP contribution is 2.19. The van der Waals surface area contributed by atoms with E-state index in [1.807, 2.05) is 0 Å². The highest BCUT2D eigenvalue weighted by molar-refractivity contribution is 5.76. The Balaban J connectivity index is 3.33. The number of ether oxygens (including phenoxy) is 1. The van der Waals surface area contributed by atoms with Crippen molar-refractivity contribution < 1.29 is 24.5 Å². The molecule has 6 heteroatoms. The Hall–Kier alpha value is -1.66. The lowest BCUT2D eigenvalue weighted by molar-refractivity contribution is -0.143. The number of hydrogen-bond donors (Lipinski definition) is 3. The van der Waals surface area contributed by atoms with Crippen molar-refractivity contribution in [2.45, 2.75) is 405 Å². The molecule has 0 rings (SSSR count). The van der Waals surface area contributed by atoms with Gasteiger partial charge in [0.1, 0.15) is 0 Å². The number of nitrogens with one attached hydrogen (secondary N) is 1. The maximum Gasteiger partial charge on any atom is 0.305 e. The first-order valence-electron chi connectivity index (χ1n) is 35.1. The number of carbonyl (C=O) groups is 2. The monoisotopic (exact) mass is 1080 g/mol. The van der Waals surface area contributed by atoms with Gasteiger partial charge in [0.15, 0.2) is 0 Å². The van der Waals surface area contributed by atoms with Crippen LogP contribution in [0, 0.1) is 0 Å². The molecule has 0 aliphatic carbocycles. The summed E-state index contributed by atoms with van der Waals surface area (Å²) in [5.41, 5.74) is 0.